The molecule has 100 valence electrons. The van der Waals surface area contributed by atoms with Crippen LogP contribution in [-0.2, 0) is 11.3 Å². The Bertz CT molecular complexity index is 403. The van der Waals surface area contributed by atoms with Crippen molar-refractivity contribution in [3.05, 3.63) is 18.2 Å². The van der Waals surface area contributed by atoms with Crippen LogP contribution < -0.4 is 5.32 Å². The molecule has 2 bridgehead atoms. The highest BCUT2D eigenvalue weighted by atomic mass is 16.5. The number of hydrogen-bond donors (Lipinski definition) is 1. The Morgan fingerprint density at radius 3 is 3.06 bits per heavy atom. The summed E-state index contributed by atoms with van der Waals surface area (Å²) in [6.45, 7) is 3.26. The van der Waals surface area contributed by atoms with E-state index >= 15 is 0 Å². The maximum Gasteiger partial charge on any atom is 0.126 e. The third kappa shape index (κ3) is 1.97. The van der Waals surface area contributed by atoms with E-state index in [0.717, 1.165) is 13.0 Å². The first kappa shape index (κ1) is 12.2. The van der Waals surface area contributed by atoms with Crippen LogP contribution in [0.3, 0.4) is 0 Å². The summed E-state index contributed by atoms with van der Waals surface area (Å²) < 4.78 is 8.27. The molecule has 0 saturated carbocycles. The molecule has 4 heteroatoms. The smallest absolute Gasteiger partial charge is 0.126 e. The van der Waals surface area contributed by atoms with E-state index in [9.17, 15) is 0 Å². The van der Waals surface area contributed by atoms with Crippen LogP contribution in [0.25, 0.3) is 0 Å². The third-order valence-corrected chi connectivity index (χ3v) is 4.38. The van der Waals surface area contributed by atoms with Gasteiger partial charge in [-0.25, -0.2) is 4.98 Å². The predicted octanol–water partition coefficient (Wildman–Crippen LogP) is 2.12. The molecule has 2 saturated heterocycles. The molecule has 4 atom stereocenters. The van der Waals surface area contributed by atoms with E-state index < -0.39 is 0 Å². The highest BCUT2D eigenvalue weighted by Gasteiger charge is 2.45. The maximum absolute atomic E-state index is 5.99. The molecule has 1 N–H and O–H groups in total. The zero-order chi connectivity index (χ0) is 12.5. The minimum Gasteiger partial charge on any atom is -0.375 e. The minimum absolute atomic E-state index is 0.335. The SMILES string of the molecule is CCCn1ccnc1C(NC)C1CC2CCC1O2. The summed E-state index contributed by atoms with van der Waals surface area (Å²) in [5.41, 5.74) is 0. The van der Waals surface area contributed by atoms with E-state index in [2.05, 4.69) is 28.0 Å². The molecule has 18 heavy (non-hydrogen) atoms. The van der Waals surface area contributed by atoms with Gasteiger partial charge in [-0.3, -0.25) is 0 Å². The Labute approximate surface area is 109 Å². The van der Waals surface area contributed by atoms with Crippen molar-refractivity contribution in [3.63, 3.8) is 0 Å². The number of nitrogens with one attached hydrogen (secondary N) is 1. The molecular weight excluding hydrogens is 226 g/mol. The monoisotopic (exact) mass is 249 g/mol. The Morgan fingerprint density at radius 2 is 2.44 bits per heavy atom. The van der Waals surface area contributed by atoms with E-state index in [-0.39, 0.29) is 0 Å². The van der Waals surface area contributed by atoms with Gasteiger partial charge in [0.25, 0.3) is 0 Å². The van der Waals surface area contributed by atoms with Crippen LogP contribution in [0.4, 0.5) is 0 Å². The van der Waals surface area contributed by atoms with Gasteiger partial charge in [-0.1, -0.05) is 6.92 Å². The van der Waals surface area contributed by atoms with Crippen molar-refractivity contribution in [1.82, 2.24) is 14.9 Å². The molecule has 1 aromatic rings. The van der Waals surface area contributed by atoms with E-state index in [1.807, 2.05) is 13.2 Å². The lowest BCUT2D eigenvalue weighted by Crippen LogP contribution is -2.33. The number of rotatable bonds is 5. The Hall–Kier alpha value is -0.870. The molecule has 3 rings (SSSR count). The van der Waals surface area contributed by atoms with Crippen molar-refractivity contribution >= 4 is 0 Å². The van der Waals surface area contributed by atoms with Crippen LogP contribution in [0, 0.1) is 5.92 Å². The molecule has 2 aliphatic rings. The van der Waals surface area contributed by atoms with Crippen LogP contribution in [0.15, 0.2) is 12.4 Å². The minimum atomic E-state index is 0.335. The van der Waals surface area contributed by atoms with Crippen molar-refractivity contribution in [2.45, 2.75) is 57.4 Å². The van der Waals surface area contributed by atoms with Crippen LogP contribution >= 0.6 is 0 Å². The molecule has 2 fully saturated rings. The number of imidazole rings is 1. The number of ether oxygens (including phenoxy) is 1. The first-order valence-corrected chi connectivity index (χ1v) is 7.17. The highest BCUT2D eigenvalue weighted by Crippen LogP contribution is 2.44. The molecule has 2 aliphatic heterocycles. The molecule has 0 aromatic carbocycles. The number of hydrogen-bond acceptors (Lipinski definition) is 3. The summed E-state index contributed by atoms with van der Waals surface area (Å²) >= 11 is 0. The summed E-state index contributed by atoms with van der Waals surface area (Å²) in [4.78, 5) is 4.58. The van der Waals surface area contributed by atoms with Crippen molar-refractivity contribution in [2.24, 2.45) is 5.92 Å². The largest absolute Gasteiger partial charge is 0.375 e. The molecule has 0 aliphatic carbocycles. The van der Waals surface area contributed by atoms with Gasteiger partial charge in [0, 0.05) is 24.9 Å². The van der Waals surface area contributed by atoms with Gasteiger partial charge in [0.15, 0.2) is 0 Å². The fourth-order valence-electron chi connectivity index (χ4n) is 3.59. The van der Waals surface area contributed by atoms with Gasteiger partial charge in [-0.05, 0) is 32.7 Å². The van der Waals surface area contributed by atoms with Crippen molar-refractivity contribution in [3.8, 4) is 0 Å². The molecule has 4 nitrogen and oxygen atoms in total. The molecule has 0 radical (unpaired) electrons. The van der Waals surface area contributed by atoms with E-state index in [1.54, 1.807) is 0 Å². The van der Waals surface area contributed by atoms with E-state index in [1.165, 1.54) is 25.1 Å². The van der Waals surface area contributed by atoms with Gasteiger partial charge in [0.2, 0.25) is 0 Å². The average molecular weight is 249 g/mol. The van der Waals surface area contributed by atoms with Gasteiger partial charge >= 0.3 is 0 Å². The lowest BCUT2D eigenvalue weighted by Gasteiger charge is -2.28. The first-order valence-electron chi connectivity index (χ1n) is 7.17. The summed E-state index contributed by atoms with van der Waals surface area (Å²) in [5.74, 6) is 1.77. The van der Waals surface area contributed by atoms with Gasteiger partial charge in [-0.2, -0.15) is 0 Å². The lowest BCUT2D eigenvalue weighted by molar-refractivity contribution is 0.0853. The summed E-state index contributed by atoms with van der Waals surface area (Å²) in [5, 5.41) is 3.47. The van der Waals surface area contributed by atoms with Crippen LogP contribution in [-0.4, -0.2) is 28.8 Å². The number of aryl methyl sites for hydroxylation is 1. The third-order valence-electron chi connectivity index (χ3n) is 4.38. The maximum atomic E-state index is 5.99. The predicted molar refractivity (Wildman–Crippen MR) is 70.3 cm³/mol. The fraction of sp³-hybridized carbons (Fsp3) is 0.786. The second kappa shape index (κ2) is 5.02. The van der Waals surface area contributed by atoms with Crippen molar-refractivity contribution in [1.29, 1.82) is 0 Å². The van der Waals surface area contributed by atoms with Crippen LogP contribution in [0.2, 0.25) is 0 Å². The summed E-state index contributed by atoms with van der Waals surface area (Å²) in [6.07, 6.45) is 9.77. The van der Waals surface area contributed by atoms with Crippen LogP contribution in [0.5, 0.6) is 0 Å². The molecule has 0 amide bonds. The van der Waals surface area contributed by atoms with Crippen molar-refractivity contribution < 1.29 is 4.74 Å². The highest BCUT2D eigenvalue weighted by molar-refractivity contribution is 5.06. The Morgan fingerprint density at radius 1 is 1.56 bits per heavy atom. The number of fused-ring (bicyclic) bond motifs is 2. The van der Waals surface area contributed by atoms with Gasteiger partial charge in [0.1, 0.15) is 5.82 Å². The summed E-state index contributed by atoms with van der Waals surface area (Å²) in [6, 6.07) is 0.335. The summed E-state index contributed by atoms with van der Waals surface area (Å²) in [7, 11) is 2.04. The number of aromatic nitrogens is 2. The standard InChI is InChI=1S/C14H23N3O/c1-3-7-17-8-6-16-14(17)13(15-2)11-9-10-4-5-12(11)18-10/h6,8,10-13,15H,3-5,7,9H2,1-2H3. The quantitative estimate of drug-likeness (QED) is 0.869. The zero-order valence-electron chi connectivity index (χ0n) is 11.3. The Kier molecular flexibility index (Phi) is 3.39. The molecule has 3 heterocycles. The van der Waals surface area contributed by atoms with E-state index in [4.69, 9.17) is 4.74 Å². The van der Waals surface area contributed by atoms with E-state index in [0.29, 0.717) is 24.2 Å². The van der Waals surface area contributed by atoms with Gasteiger partial charge in [0.05, 0.1) is 18.2 Å². The van der Waals surface area contributed by atoms with Crippen LogP contribution in [0.1, 0.15) is 44.5 Å². The Balaban J connectivity index is 1.81. The molecule has 1 aromatic heterocycles. The second-order valence-electron chi connectivity index (χ2n) is 5.52. The lowest BCUT2D eigenvalue weighted by atomic mass is 9.83. The normalized spacial score (nSPS) is 32.0. The van der Waals surface area contributed by atoms with Crippen molar-refractivity contribution in [2.75, 3.05) is 7.05 Å². The van der Waals surface area contributed by atoms with Gasteiger partial charge in [-0.15, -0.1) is 0 Å². The second-order valence-corrected chi connectivity index (χ2v) is 5.52. The zero-order valence-corrected chi connectivity index (χ0v) is 11.3. The first-order chi connectivity index (χ1) is 8.83. The van der Waals surface area contributed by atoms with Gasteiger partial charge < -0.3 is 14.6 Å². The molecular formula is C14H23N3O. The molecule has 0 spiro atoms. The average Bonchev–Trinajstić information content (AvgIpc) is 3.07. The fourth-order valence-corrected chi connectivity index (χ4v) is 3.59. The number of nitrogens with zero attached hydrogens (tertiary/aromatic N) is 2. The molecule has 4 unspecified atom stereocenters. The topological polar surface area (TPSA) is 39.1 Å².